The molecule has 0 unspecified atom stereocenters. The van der Waals surface area contributed by atoms with E-state index in [1.807, 2.05) is 27.7 Å². The second-order valence-electron chi connectivity index (χ2n) is 6.86. The third-order valence-electron chi connectivity index (χ3n) is 4.47. The van der Waals surface area contributed by atoms with Crippen LogP contribution in [0.2, 0.25) is 0 Å². The van der Waals surface area contributed by atoms with Gasteiger partial charge in [0.2, 0.25) is 0 Å². The standard InChI is InChI=1S/C18H25BO3S2/c1-13(20)24-12-15(11-14-7-9-16(23-6)10-8-14)19-21-17(2,3)18(4,5)22-19/h7-11H,12H2,1-6H3. The van der Waals surface area contributed by atoms with Crippen LogP contribution >= 0.6 is 23.5 Å². The lowest BCUT2D eigenvalue weighted by Gasteiger charge is -2.32. The van der Waals surface area contributed by atoms with Crippen LogP contribution in [0, 0.1) is 0 Å². The lowest BCUT2D eigenvalue weighted by Crippen LogP contribution is -2.41. The van der Waals surface area contributed by atoms with E-state index in [0.29, 0.717) is 5.75 Å². The van der Waals surface area contributed by atoms with Crippen molar-refractivity contribution in [2.75, 3.05) is 12.0 Å². The molecular weight excluding hydrogens is 339 g/mol. The minimum absolute atomic E-state index is 0.0927. The molecule has 1 heterocycles. The van der Waals surface area contributed by atoms with Gasteiger partial charge in [-0.2, -0.15) is 0 Å². The number of carbonyl (C=O) groups is 1. The van der Waals surface area contributed by atoms with Crippen molar-refractivity contribution < 1.29 is 14.1 Å². The Morgan fingerprint density at radius 2 is 1.67 bits per heavy atom. The number of carbonyl (C=O) groups excluding carboxylic acids is 1. The molecule has 0 bridgehead atoms. The lowest BCUT2D eigenvalue weighted by molar-refractivity contribution is -0.109. The minimum Gasteiger partial charge on any atom is -0.400 e. The molecule has 1 fully saturated rings. The fraction of sp³-hybridized carbons (Fsp3) is 0.500. The van der Waals surface area contributed by atoms with Gasteiger partial charge in [0, 0.05) is 17.6 Å². The predicted molar refractivity (Wildman–Crippen MR) is 105 cm³/mol. The first kappa shape index (κ1) is 19.6. The molecule has 3 nitrogen and oxygen atoms in total. The molecular formula is C18H25BO3S2. The Bertz CT molecular complexity index is 608. The molecule has 130 valence electrons. The highest BCUT2D eigenvalue weighted by atomic mass is 32.2. The molecule has 1 aliphatic rings. The zero-order valence-electron chi connectivity index (χ0n) is 15.2. The Morgan fingerprint density at radius 1 is 1.12 bits per heavy atom. The van der Waals surface area contributed by atoms with Crippen molar-refractivity contribution in [3.63, 3.8) is 0 Å². The molecule has 6 heteroatoms. The predicted octanol–water partition coefficient (Wildman–Crippen LogP) is 4.70. The second-order valence-corrected chi connectivity index (χ2v) is 8.89. The van der Waals surface area contributed by atoms with Crippen LogP contribution in [0.3, 0.4) is 0 Å². The summed E-state index contributed by atoms with van der Waals surface area (Å²) in [6.45, 7) is 9.73. The Hall–Kier alpha value is -0.685. The van der Waals surface area contributed by atoms with Crippen LogP contribution < -0.4 is 0 Å². The van der Waals surface area contributed by atoms with Crippen molar-refractivity contribution in [3.8, 4) is 0 Å². The molecule has 0 radical (unpaired) electrons. The molecule has 0 aliphatic carbocycles. The fourth-order valence-corrected chi connectivity index (χ4v) is 3.27. The number of benzene rings is 1. The smallest absolute Gasteiger partial charge is 0.400 e. The molecule has 0 spiro atoms. The van der Waals surface area contributed by atoms with Gasteiger partial charge in [0.1, 0.15) is 0 Å². The van der Waals surface area contributed by atoms with Gasteiger partial charge in [-0.05, 0) is 57.1 Å². The Morgan fingerprint density at radius 3 is 2.12 bits per heavy atom. The van der Waals surface area contributed by atoms with E-state index in [-0.39, 0.29) is 16.3 Å². The molecule has 0 N–H and O–H groups in total. The maximum atomic E-state index is 11.4. The SMILES string of the molecule is CSc1ccc(C=C(CSC(C)=O)B2OC(C)(C)C(C)(C)O2)cc1. The van der Waals surface area contributed by atoms with Crippen molar-refractivity contribution in [3.05, 3.63) is 35.3 Å². The van der Waals surface area contributed by atoms with Gasteiger partial charge in [-0.25, -0.2) is 0 Å². The zero-order valence-corrected chi connectivity index (χ0v) is 16.8. The van der Waals surface area contributed by atoms with Crippen molar-refractivity contribution in [2.24, 2.45) is 0 Å². The monoisotopic (exact) mass is 364 g/mol. The van der Waals surface area contributed by atoms with Crippen LogP contribution in [0.15, 0.2) is 34.6 Å². The average molecular weight is 364 g/mol. The van der Waals surface area contributed by atoms with Crippen LogP contribution in [0.4, 0.5) is 0 Å². The first-order valence-corrected chi connectivity index (χ1v) is 10.2. The van der Waals surface area contributed by atoms with E-state index < -0.39 is 7.12 Å². The molecule has 1 aliphatic heterocycles. The van der Waals surface area contributed by atoms with E-state index in [0.717, 1.165) is 11.0 Å². The lowest BCUT2D eigenvalue weighted by atomic mass is 9.78. The van der Waals surface area contributed by atoms with Crippen LogP contribution in [0.25, 0.3) is 6.08 Å². The molecule has 1 aromatic rings. The normalized spacial score (nSPS) is 19.6. The van der Waals surface area contributed by atoms with Crippen LogP contribution in [-0.2, 0) is 14.1 Å². The molecule has 2 rings (SSSR count). The van der Waals surface area contributed by atoms with Crippen LogP contribution in [0.5, 0.6) is 0 Å². The van der Waals surface area contributed by atoms with Crippen LogP contribution in [0.1, 0.15) is 40.2 Å². The molecule has 24 heavy (non-hydrogen) atoms. The summed E-state index contributed by atoms with van der Waals surface area (Å²) < 4.78 is 12.3. The molecule has 1 saturated heterocycles. The first-order chi connectivity index (χ1) is 11.1. The molecule has 0 amide bonds. The van der Waals surface area contributed by atoms with Crippen molar-refractivity contribution >= 4 is 41.8 Å². The minimum atomic E-state index is -0.429. The summed E-state index contributed by atoms with van der Waals surface area (Å²) in [7, 11) is -0.429. The largest absolute Gasteiger partial charge is 0.491 e. The maximum Gasteiger partial charge on any atom is 0.491 e. The van der Waals surface area contributed by atoms with Gasteiger partial charge in [-0.15, -0.1) is 11.8 Å². The van der Waals surface area contributed by atoms with Gasteiger partial charge in [0.05, 0.1) is 11.2 Å². The van der Waals surface area contributed by atoms with Crippen molar-refractivity contribution in [2.45, 2.75) is 50.7 Å². The van der Waals surface area contributed by atoms with Gasteiger partial charge < -0.3 is 9.31 Å². The number of hydrogen-bond donors (Lipinski definition) is 0. The van der Waals surface area contributed by atoms with Crippen molar-refractivity contribution in [1.82, 2.24) is 0 Å². The van der Waals surface area contributed by atoms with E-state index in [1.54, 1.807) is 18.7 Å². The van der Waals surface area contributed by atoms with E-state index in [4.69, 9.17) is 9.31 Å². The maximum absolute atomic E-state index is 11.4. The average Bonchev–Trinajstić information content (AvgIpc) is 2.72. The van der Waals surface area contributed by atoms with Gasteiger partial charge in [0.25, 0.3) is 0 Å². The molecule has 0 atom stereocenters. The second kappa shape index (κ2) is 7.69. The van der Waals surface area contributed by atoms with E-state index in [2.05, 4.69) is 36.6 Å². The zero-order chi connectivity index (χ0) is 18.0. The quantitative estimate of drug-likeness (QED) is 0.559. The van der Waals surface area contributed by atoms with Gasteiger partial charge in [0.15, 0.2) is 5.12 Å². The van der Waals surface area contributed by atoms with Gasteiger partial charge in [-0.3, -0.25) is 4.79 Å². The summed E-state index contributed by atoms with van der Waals surface area (Å²) in [5.41, 5.74) is 1.29. The summed E-state index contributed by atoms with van der Waals surface area (Å²) in [5.74, 6) is 0.566. The summed E-state index contributed by atoms with van der Waals surface area (Å²) >= 11 is 3.00. The number of hydrogen-bond acceptors (Lipinski definition) is 5. The highest BCUT2D eigenvalue weighted by molar-refractivity contribution is 8.13. The van der Waals surface area contributed by atoms with Gasteiger partial charge in [-0.1, -0.05) is 30.0 Å². The third kappa shape index (κ3) is 4.69. The summed E-state index contributed by atoms with van der Waals surface area (Å²) in [6.07, 6.45) is 4.13. The topological polar surface area (TPSA) is 35.5 Å². The highest BCUT2D eigenvalue weighted by Crippen LogP contribution is 2.39. The molecule has 0 aromatic heterocycles. The summed E-state index contributed by atoms with van der Waals surface area (Å²) in [5, 5.41) is 0.0927. The van der Waals surface area contributed by atoms with Crippen LogP contribution in [-0.4, -0.2) is 35.4 Å². The Kier molecular flexibility index (Phi) is 6.29. The first-order valence-electron chi connectivity index (χ1n) is 7.98. The summed E-state index contributed by atoms with van der Waals surface area (Å²) in [6, 6.07) is 8.35. The molecule has 1 aromatic carbocycles. The molecule has 0 saturated carbocycles. The van der Waals surface area contributed by atoms with Crippen molar-refractivity contribution in [1.29, 1.82) is 0 Å². The van der Waals surface area contributed by atoms with E-state index in [1.165, 1.54) is 16.7 Å². The Labute approximate surface area is 154 Å². The Balaban J connectivity index is 2.27. The van der Waals surface area contributed by atoms with E-state index >= 15 is 0 Å². The fourth-order valence-electron chi connectivity index (χ4n) is 2.27. The van der Waals surface area contributed by atoms with Gasteiger partial charge >= 0.3 is 7.12 Å². The number of rotatable bonds is 5. The van der Waals surface area contributed by atoms with E-state index in [9.17, 15) is 4.79 Å². The summed E-state index contributed by atoms with van der Waals surface area (Å²) in [4.78, 5) is 12.6. The highest BCUT2D eigenvalue weighted by Gasteiger charge is 2.52. The number of thioether (sulfide) groups is 2. The third-order valence-corrected chi connectivity index (χ3v) is 6.09.